The third-order valence-electron chi connectivity index (χ3n) is 5.17. The number of hydrogen-bond acceptors (Lipinski definition) is 0. The molecular weight excluding hydrogens is 329 g/mol. The van der Waals surface area contributed by atoms with E-state index in [0.29, 0.717) is 0 Å². The van der Waals surface area contributed by atoms with Gasteiger partial charge in [-0.15, -0.1) is 0 Å². The van der Waals surface area contributed by atoms with Crippen LogP contribution in [-0.2, 0) is 0 Å². The molecule has 0 aliphatic heterocycles. The summed E-state index contributed by atoms with van der Waals surface area (Å²) in [6, 6.07) is 9.31. The standard InChI is InChI=1S/C18H36Si4/c1-16(2)17-14-12-13-15-18(17)22(19(3,4)5,20(6,7)8)21(9,10)11/h12-15H,1H2,2-11H3. The van der Waals surface area contributed by atoms with E-state index in [9.17, 15) is 0 Å². The van der Waals surface area contributed by atoms with Crippen molar-refractivity contribution in [3.8, 4) is 0 Å². The summed E-state index contributed by atoms with van der Waals surface area (Å²) >= 11 is 0. The van der Waals surface area contributed by atoms with Gasteiger partial charge in [0.2, 0.25) is 0 Å². The number of allylic oxidation sites excluding steroid dienone is 1. The van der Waals surface area contributed by atoms with Crippen LogP contribution in [0, 0.1) is 0 Å². The maximum atomic E-state index is 4.31. The molecule has 0 aliphatic rings. The van der Waals surface area contributed by atoms with Crippen LogP contribution in [0.2, 0.25) is 58.9 Å². The molecule has 0 amide bonds. The van der Waals surface area contributed by atoms with Crippen LogP contribution >= 0.6 is 0 Å². The molecule has 0 saturated carbocycles. The maximum Gasteiger partial charge on any atom is 0.0693 e. The highest BCUT2D eigenvalue weighted by molar-refractivity contribution is 7.92. The van der Waals surface area contributed by atoms with E-state index in [1.165, 1.54) is 11.1 Å². The van der Waals surface area contributed by atoms with Crippen molar-refractivity contribution in [3.63, 3.8) is 0 Å². The van der Waals surface area contributed by atoms with E-state index in [0.717, 1.165) is 0 Å². The second kappa shape index (κ2) is 6.04. The summed E-state index contributed by atoms with van der Waals surface area (Å²) < 4.78 is 0. The van der Waals surface area contributed by atoms with E-state index >= 15 is 0 Å². The lowest BCUT2D eigenvalue weighted by Crippen LogP contribution is -2.88. The quantitative estimate of drug-likeness (QED) is 0.594. The normalized spacial score (nSPS) is 14.1. The fourth-order valence-corrected chi connectivity index (χ4v) is 106. The molecule has 0 radical (unpaired) electrons. The van der Waals surface area contributed by atoms with Crippen molar-refractivity contribution in [2.45, 2.75) is 65.8 Å². The molecule has 0 saturated heterocycles. The average molecular weight is 365 g/mol. The lowest BCUT2D eigenvalue weighted by atomic mass is 10.1. The molecule has 0 nitrogen and oxygen atoms in total. The molecule has 0 aliphatic carbocycles. The Kier molecular flexibility index (Phi) is 5.45. The summed E-state index contributed by atoms with van der Waals surface area (Å²) in [6.45, 7) is 28.9. The van der Waals surface area contributed by atoms with Crippen LogP contribution in [0.25, 0.3) is 5.57 Å². The van der Waals surface area contributed by atoms with Crippen molar-refractivity contribution in [2.24, 2.45) is 0 Å². The Hall–Kier alpha value is -0.172. The summed E-state index contributed by atoms with van der Waals surface area (Å²) in [5.74, 6) is 0. The fraction of sp³-hybridized carbons (Fsp3) is 0.556. The average Bonchev–Trinajstić information content (AvgIpc) is 2.23. The Morgan fingerprint density at radius 1 is 0.727 bits per heavy atom. The van der Waals surface area contributed by atoms with Gasteiger partial charge in [0.15, 0.2) is 0 Å². The van der Waals surface area contributed by atoms with Crippen molar-refractivity contribution < 1.29 is 0 Å². The largest absolute Gasteiger partial charge is 0.0955 e. The lowest BCUT2D eigenvalue weighted by Gasteiger charge is -2.58. The Labute approximate surface area is 142 Å². The third kappa shape index (κ3) is 3.07. The minimum absolute atomic E-state index is 1.25. The van der Waals surface area contributed by atoms with Crippen LogP contribution in [0.5, 0.6) is 0 Å². The van der Waals surface area contributed by atoms with Gasteiger partial charge in [-0.1, -0.05) is 101 Å². The Bertz CT molecular complexity index is 518. The predicted molar refractivity (Wildman–Crippen MR) is 117 cm³/mol. The SMILES string of the molecule is C=C(C)c1ccccc1[Si]([Si](C)(C)C)([Si](C)(C)C)[Si](C)(C)C. The van der Waals surface area contributed by atoms with E-state index in [-0.39, 0.29) is 0 Å². The van der Waals surface area contributed by atoms with Gasteiger partial charge in [-0.25, -0.2) is 0 Å². The molecule has 0 aromatic heterocycles. The van der Waals surface area contributed by atoms with E-state index in [1.54, 1.807) is 5.19 Å². The predicted octanol–water partition coefficient (Wildman–Crippen LogP) is 5.63. The van der Waals surface area contributed by atoms with Crippen molar-refractivity contribution in [1.29, 1.82) is 0 Å². The van der Waals surface area contributed by atoms with Crippen molar-refractivity contribution >= 4 is 40.2 Å². The molecule has 0 unspecified atom stereocenters. The molecule has 0 spiro atoms. The Balaban J connectivity index is 4.01. The topological polar surface area (TPSA) is 0 Å². The van der Waals surface area contributed by atoms with Gasteiger partial charge in [0.05, 0.1) is 6.63 Å². The Morgan fingerprint density at radius 2 is 1.09 bits per heavy atom. The first-order valence-electron chi connectivity index (χ1n) is 8.43. The molecule has 1 rings (SSSR count). The first-order chi connectivity index (χ1) is 9.68. The van der Waals surface area contributed by atoms with Gasteiger partial charge in [-0.05, 0) is 12.5 Å². The molecule has 22 heavy (non-hydrogen) atoms. The van der Waals surface area contributed by atoms with Crippen LogP contribution in [-0.4, -0.2) is 29.4 Å². The first kappa shape index (κ1) is 19.9. The molecule has 0 fully saturated rings. The molecule has 0 bridgehead atoms. The number of hydrogen-bond donors (Lipinski definition) is 0. The summed E-state index contributed by atoms with van der Waals surface area (Å²) in [6.07, 6.45) is 0. The zero-order valence-corrected chi connectivity index (χ0v) is 20.5. The molecule has 0 N–H and O–H groups in total. The van der Waals surface area contributed by atoms with E-state index in [1.807, 2.05) is 0 Å². The van der Waals surface area contributed by atoms with Crippen molar-refractivity contribution in [2.75, 3.05) is 0 Å². The first-order valence-corrected chi connectivity index (χ1v) is 23.9. The van der Waals surface area contributed by atoms with Crippen LogP contribution in [0.15, 0.2) is 30.8 Å². The fourth-order valence-electron chi connectivity index (χ4n) is 5.77. The molecule has 0 atom stereocenters. The van der Waals surface area contributed by atoms with E-state index < -0.39 is 29.4 Å². The van der Waals surface area contributed by atoms with Crippen LogP contribution < -0.4 is 5.19 Å². The Morgan fingerprint density at radius 3 is 1.41 bits per heavy atom. The van der Waals surface area contributed by atoms with E-state index in [4.69, 9.17) is 0 Å². The summed E-state index contributed by atoms with van der Waals surface area (Å²) in [4.78, 5) is 0. The lowest BCUT2D eigenvalue weighted by molar-refractivity contribution is 1.61. The monoisotopic (exact) mass is 364 g/mol. The molecule has 0 heterocycles. The van der Waals surface area contributed by atoms with Crippen LogP contribution in [0.1, 0.15) is 12.5 Å². The zero-order chi connectivity index (χ0) is 17.6. The van der Waals surface area contributed by atoms with Gasteiger partial charge in [0.25, 0.3) is 0 Å². The molecule has 124 valence electrons. The summed E-state index contributed by atoms with van der Waals surface area (Å²) in [7, 11) is -3.91. The molecule has 1 aromatic rings. The van der Waals surface area contributed by atoms with Crippen molar-refractivity contribution in [1.82, 2.24) is 0 Å². The van der Waals surface area contributed by atoms with Crippen LogP contribution in [0.4, 0.5) is 0 Å². The van der Waals surface area contributed by atoms with Gasteiger partial charge in [-0.3, -0.25) is 0 Å². The zero-order valence-electron chi connectivity index (χ0n) is 16.5. The molecule has 1 aromatic carbocycles. The minimum atomic E-state index is -1.53. The second-order valence-corrected chi connectivity index (χ2v) is 50.1. The highest BCUT2D eigenvalue weighted by atomic mass is 29.9. The van der Waals surface area contributed by atoms with Gasteiger partial charge in [0, 0.05) is 22.8 Å². The van der Waals surface area contributed by atoms with Gasteiger partial charge in [0.1, 0.15) is 0 Å². The van der Waals surface area contributed by atoms with Gasteiger partial charge in [-0.2, -0.15) is 0 Å². The number of rotatable bonds is 5. The van der Waals surface area contributed by atoms with Crippen LogP contribution in [0.3, 0.4) is 0 Å². The summed E-state index contributed by atoms with van der Waals surface area (Å²) in [5.41, 5.74) is 2.73. The molecule has 4 heteroatoms. The van der Waals surface area contributed by atoms with Gasteiger partial charge >= 0.3 is 0 Å². The maximum absolute atomic E-state index is 4.31. The highest BCUT2D eigenvalue weighted by Gasteiger charge is 2.62. The second-order valence-electron chi connectivity index (χ2n) is 9.83. The van der Waals surface area contributed by atoms with Gasteiger partial charge < -0.3 is 0 Å². The highest BCUT2D eigenvalue weighted by Crippen LogP contribution is 2.38. The summed E-state index contributed by atoms with van der Waals surface area (Å²) in [5, 5.41) is 1.76. The smallest absolute Gasteiger partial charge is 0.0693 e. The van der Waals surface area contributed by atoms with Crippen molar-refractivity contribution in [3.05, 3.63) is 36.4 Å². The molecular formula is C18H36Si4. The van der Waals surface area contributed by atoms with E-state index in [2.05, 4.69) is 96.7 Å². The minimum Gasteiger partial charge on any atom is -0.0955 e. The third-order valence-corrected chi connectivity index (χ3v) is 76.3. The number of benzene rings is 1.